The Bertz CT molecular complexity index is 683. The van der Waals surface area contributed by atoms with Crippen LogP contribution in [0.25, 0.3) is 0 Å². The number of sulfonamides is 1. The molecule has 0 saturated heterocycles. The summed E-state index contributed by atoms with van der Waals surface area (Å²) in [6.07, 6.45) is 0. The maximum atomic E-state index is 12.0. The molecule has 0 atom stereocenters. The zero-order valence-electron chi connectivity index (χ0n) is 10.7. The SMILES string of the molecule is NCc1cccc(CS(=O)(=O)NCc2cc(Br)cs2)c1. The standard InChI is InChI=1S/C13H15BrN2O2S2/c14-12-5-13(19-8-12)7-16-20(17,18)9-11-3-1-2-10(4-11)6-15/h1-5,8,16H,6-7,9,15H2. The smallest absolute Gasteiger partial charge is 0.216 e. The van der Waals surface area contributed by atoms with Gasteiger partial charge in [-0.3, -0.25) is 0 Å². The Morgan fingerprint density at radius 2 is 2.00 bits per heavy atom. The lowest BCUT2D eigenvalue weighted by Gasteiger charge is -2.07. The van der Waals surface area contributed by atoms with Crippen LogP contribution >= 0.6 is 27.3 Å². The Morgan fingerprint density at radius 3 is 2.65 bits per heavy atom. The second kappa shape index (κ2) is 6.82. The fraction of sp³-hybridized carbons (Fsp3) is 0.231. The highest BCUT2D eigenvalue weighted by Gasteiger charge is 2.12. The molecule has 1 heterocycles. The van der Waals surface area contributed by atoms with E-state index in [1.165, 1.54) is 11.3 Å². The number of nitrogens with two attached hydrogens (primary N) is 1. The first-order chi connectivity index (χ1) is 9.48. The zero-order valence-corrected chi connectivity index (χ0v) is 13.9. The fourth-order valence-corrected chi connectivity index (χ4v) is 4.32. The molecular weight excluding hydrogens is 360 g/mol. The van der Waals surface area contributed by atoms with Crippen LogP contribution in [0, 0.1) is 0 Å². The van der Waals surface area contributed by atoms with Gasteiger partial charge in [0, 0.05) is 27.8 Å². The molecule has 4 nitrogen and oxygen atoms in total. The van der Waals surface area contributed by atoms with E-state index in [9.17, 15) is 8.42 Å². The van der Waals surface area contributed by atoms with E-state index in [4.69, 9.17) is 5.73 Å². The van der Waals surface area contributed by atoms with E-state index < -0.39 is 10.0 Å². The van der Waals surface area contributed by atoms with Gasteiger partial charge in [0.2, 0.25) is 10.0 Å². The van der Waals surface area contributed by atoms with Gasteiger partial charge in [0.15, 0.2) is 0 Å². The molecule has 2 rings (SSSR count). The second-order valence-electron chi connectivity index (χ2n) is 4.34. The van der Waals surface area contributed by atoms with Crippen molar-refractivity contribution >= 4 is 37.3 Å². The van der Waals surface area contributed by atoms with Crippen molar-refractivity contribution in [3.63, 3.8) is 0 Å². The van der Waals surface area contributed by atoms with Crippen molar-refractivity contribution in [2.45, 2.75) is 18.8 Å². The molecule has 108 valence electrons. The van der Waals surface area contributed by atoms with E-state index in [1.54, 1.807) is 6.07 Å². The molecule has 0 spiro atoms. The van der Waals surface area contributed by atoms with Gasteiger partial charge in [-0.15, -0.1) is 11.3 Å². The van der Waals surface area contributed by atoms with Crippen LogP contribution in [0.4, 0.5) is 0 Å². The minimum Gasteiger partial charge on any atom is -0.326 e. The molecule has 0 unspecified atom stereocenters. The molecule has 1 aromatic heterocycles. The lowest BCUT2D eigenvalue weighted by molar-refractivity contribution is 0.581. The van der Waals surface area contributed by atoms with Crippen LogP contribution in [0.3, 0.4) is 0 Å². The molecular formula is C13H15BrN2O2S2. The molecule has 0 aliphatic heterocycles. The van der Waals surface area contributed by atoms with E-state index in [2.05, 4.69) is 20.7 Å². The van der Waals surface area contributed by atoms with E-state index in [-0.39, 0.29) is 5.75 Å². The average Bonchev–Trinajstić information content (AvgIpc) is 2.82. The molecule has 20 heavy (non-hydrogen) atoms. The maximum Gasteiger partial charge on any atom is 0.216 e. The average molecular weight is 375 g/mol. The zero-order chi connectivity index (χ0) is 14.6. The quantitative estimate of drug-likeness (QED) is 0.815. The van der Waals surface area contributed by atoms with Crippen molar-refractivity contribution in [2.75, 3.05) is 0 Å². The van der Waals surface area contributed by atoms with E-state index in [1.807, 2.05) is 29.6 Å². The summed E-state index contributed by atoms with van der Waals surface area (Å²) in [5, 5.41) is 1.92. The Labute approximate surface area is 131 Å². The lowest BCUT2D eigenvalue weighted by atomic mass is 10.1. The van der Waals surface area contributed by atoms with E-state index in [0.29, 0.717) is 13.1 Å². The van der Waals surface area contributed by atoms with Gasteiger partial charge in [-0.1, -0.05) is 24.3 Å². The topological polar surface area (TPSA) is 72.2 Å². The molecule has 0 bridgehead atoms. The molecule has 7 heteroatoms. The first-order valence-electron chi connectivity index (χ1n) is 5.96. The van der Waals surface area contributed by atoms with Crippen LogP contribution in [-0.4, -0.2) is 8.42 Å². The van der Waals surface area contributed by atoms with Gasteiger partial charge in [-0.25, -0.2) is 13.1 Å². The number of nitrogens with one attached hydrogen (secondary N) is 1. The normalized spacial score (nSPS) is 11.7. The molecule has 0 aliphatic carbocycles. The minimum absolute atomic E-state index is 0.0343. The second-order valence-corrected chi connectivity index (χ2v) is 8.05. The molecule has 0 amide bonds. The third kappa shape index (κ3) is 4.68. The van der Waals surface area contributed by atoms with Gasteiger partial charge in [-0.2, -0.15) is 0 Å². The summed E-state index contributed by atoms with van der Waals surface area (Å²) in [6.45, 7) is 0.722. The van der Waals surface area contributed by atoms with Crippen LogP contribution in [-0.2, 0) is 28.9 Å². The van der Waals surface area contributed by atoms with Crippen LogP contribution < -0.4 is 10.5 Å². The molecule has 0 saturated carbocycles. The van der Waals surface area contributed by atoms with Crippen molar-refractivity contribution in [3.8, 4) is 0 Å². The van der Waals surface area contributed by atoms with Gasteiger partial charge in [0.05, 0.1) is 5.75 Å². The number of hydrogen-bond donors (Lipinski definition) is 2. The van der Waals surface area contributed by atoms with E-state index >= 15 is 0 Å². The Balaban J connectivity index is 1.99. The minimum atomic E-state index is -3.35. The predicted molar refractivity (Wildman–Crippen MR) is 85.8 cm³/mol. The van der Waals surface area contributed by atoms with Crippen LogP contribution in [0.5, 0.6) is 0 Å². The number of thiophene rings is 1. The van der Waals surface area contributed by atoms with Crippen molar-refractivity contribution in [3.05, 3.63) is 56.2 Å². The first-order valence-corrected chi connectivity index (χ1v) is 9.29. The predicted octanol–water partition coefficient (Wildman–Crippen LogP) is 2.59. The summed E-state index contributed by atoms with van der Waals surface area (Å²) in [7, 11) is -3.35. The van der Waals surface area contributed by atoms with Crippen LogP contribution in [0.15, 0.2) is 40.2 Å². The monoisotopic (exact) mass is 374 g/mol. The van der Waals surface area contributed by atoms with Gasteiger partial charge < -0.3 is 5.73 Å². The summed E-state index contributed by atoms with van der Waals surface area (Å²) in [5.41, 5.74) is 7.23. The maximum absolute atomic E-state index is 12.0. The van der Waals surface area contributed by atoms with Gasteiger partial charge >= 0.3 is 0 Å². The summed E-state index contributed by atoms with van der Waals surface area (Å²) >= 11 is 4.86. The Kier molecular flexibility index (Phi) is 5.34. The molecule has 3 N–H and O–H groups in total. The highest BCUT2D eigenvalue weighted by Crippen LogP contribution is 2.19. The van der Waals surface area contributed by atoms with Crippen molar-refractivity contribution in [1.29, 1.82) is 0 Å². The molecule has 0 aliphatic rings. The Hall–Kier alpha value is -0.730. The number of rotatable bonds is 6. The summed E-state index contributed by atoms with van der Waals surface area (Å²) in [4.78, 5) is 0.969. The molecule has 2 aromatic rings. The van der Waals surface area contributed by atoms with E-state index in [0.717, 1.165) is 20.5 Å². The summed E-state index contributed by atoms with van der Waals surface area (Å²) in [5.74, 6) is -0.0343. The van der Waals surface area contributed by atoms with Crippen LogP contribution in [0.1, 0.15) is 16.0 Å². The van der Waals surface area contributed by atoms with Gasteiger partial charge in [0.1, 0.15) is 0 Å². The van der Waals surface area contributed by atoms with Crippen molar-refractivity contribution < 1.29 is 8.42 Å². The number of benzene rings is 1. The summed E-state index contributed by atoms with van der Waals surface area (Å²) in [6, 6.07) is 9.22. The first kappa shape index (κ1) is 15.7. The third-order valence-corrected chi connectivity index (χ3v) is 5.67. The largest absolute Gasteiger partial charge is 0.326 e. The molecule has 0 fully saturated rings. The molecule has 1 aromatic carbocycles. The fourth-order valence-electron chi connectivity index (χ4n) is 1.74. The summed E-state index contributed by atoms with van der Waals surface area (Å²) < 4.78 is 27.6. The van der Waals surface area contributed by atoms with Crippen LogP contribution in [0.2, 0.25) is 0 Å². The number of halogens is 1. The van der Waals surface area contributed by atoms with Crippen molar-refractivity contribution in [1.82, 2.24) is 4.72 Å². The van der Waals surface area contributed by atoms with Gasteiger partial charge in [0.25, 0.3) is 0 Å². The van der Waals surface area contributed by atoms with Gasteiger partial charge in [-0.05, 0) is 33.1 Å². The number of hydrogen-bond acceptors (Lipinski definition) is 4. The Morgan fingerprint density at radius 1 is 1.25 bits per heavy atom. The highest BCUT2D eigenvalue weighted by molar-refractivity contribution is 9.10. The highest BCUT2D eigenvalue weighted by atomic mass is 79.9. The molecule has 0 radical (unpaired) electrons. The third-order valence-electron chi connectivity index (χ3n) is 2.67. The van der Waals surface area contributed by atoms with Crippen molar-refractivity contribution in [2.24, 2.45) is 5.73 Å². The lowest BCUT2D eigenvalue weighted by Crippen LogP contribution is -2.24.